The van der Waals surface area contributed by atoms with Crippen molar-refractivity contribution in [3.05, 3.63) is 12.3 Å². The number of rotatable bonds is 2. The molecule has 1 saturated heterocycles. The summed E-state index contributed by atoms with van der Waals surface area (Å²) in [6.45, 7) is 15.0. The van der Waals surface area contributed by atoms with Gasteiger partial charge in [0.15, 0.2) is 8.24 Å². The first kappa shape index (κ1) is 13.8. The summed E-state index contributed by atoms with van der Waals surface area (Å²) < 4.78 is 14.1. The molecule has 18 heavy (non-hydrogen) atoms. The lowest BCUT2D eigenvalue weighted by Gasteiger charge is -2.32. The predicted molar refractivity (Wildman–Crippen MR) is 76.7 cm³/mol. The molecule has 0 spiro atoms. The molecule has 2 rings (SSSR count). The molecule has 0 atom stereocenters. The van der Waals surface area contributed by atoms with Crippen LogP contribution in [0.4, 0.5) is 0 Å². The van der Waals surface area contributed by atoms with E-state index >= 15 is 0 Å². The van der Waals surface area contributed by atoms with Crippen molar-refractivity contribution in [3.8, 4) is 0 Å². The van der Waals surface area contributed by atoms with Gasteiger partial charge in [0, 0.05) is 6.20 Å². The van der Waals surface area contributed by atoms with Gasteiger partial charge in [-0.15, -0.1) is 0 Å². The Morgan fingerprint density at radius 1 is 1.11 bits per heavy atom. The number of aromatic nitrogens is 2. The summed E-state index contributed by atoms with van der Waals surface area (Å²) in [7, 11) is -1.79. The van der Waals surface area contributed by atoms with Gasteiger partial charge in [0.25, 0.3) is 0 Å². The topological polar surface area (TPSA) is 36.3 Å². The van der Waals surface area contributed by atoms with Crippen LogP contribution in [0.25, 0.3) is 0 Å². The number of nitrogens with zero attached hydrogens (tertiary/aromatic N) is 2. The Balaban J connectivity index is 2.23. The standard InChI is InChI=1S/C12H23BN2O2Si/c1-11(2)12(3,4)17-13(16-11)10-8-9-15(14-10)18(5,6)7/h8-9H,1-7H3. The SMILES string of the molecule is CC1(C)OB(c2ccn([Si](C)(C)C)n2)OC1(C)C. The van der Waals surface area contributed by atoms with Crippen molar-refractivity contribution >= 4 is 20.9 Å². The largest absolute Gasteiger partial charge is 0.516 e. The first-order valence-corrected chi connectivity index (χ1v) is 9.89. The van der Waals surface area contributed by atoms with Gasteiger partial charge in [-0.1, -0.05) is 0 Å². The Kier molecular flexibility index (Phi) is 3.04. The summed E-state index contributed by atoms with van der Waals surface area (Å²) in [5, 5.41) is 4.62. The lowest BCUT2D eigenvalue weighted by molar-refractivity contribution is 0.00578. The molecule has 1 aliphatic rings. The summed E-state index contributed by atoms with van der Waals surface area (Å²) >= 11 is 0. The summed E-state index contributed by atoms with van der Waals surface area (Å²) in [6, 6.07) is 2.00. The van der Waals surface area contributed by atoms with Gasteiger partial charge in [-0.3, -0.25) is 0 Å². The maximum absolute atomic E-state index is 5.99. The van der Waals surface area contributed by atoms with Gasteiger partial charge in [-0.05, 0) is 53.4 Å². The highest BCUT2D eigenvalue weighted by Gasteiger charge is 2.52. The predicted octanol–water partition coefficient (Wildman–Crippen LogP) is 1.87. The average molecular weight is 266 g/mol. The molecule has 6 heteroatoms. The minimum Gasteiger partial charge on any atom is -0.398 e. The molecule has 0 amide bonds. The maximum atomic E-state index is 5.99. The number of hydrogen-bond donors (Lipinski definition) is 0. The van der Waals surface area contributed by atoms with Gasteiger partial charge in [-0.2, -0.15) is 5.10 Å². The highest BCUT2D eigenvalue weighted by atomic mass is 28.3. The highest BCUT2D eigenvalue weighted by Crippen LogP contribution is 2.36. The van der Waals surface area contributed by atoms with Crippen LogP contribution in [0.3, 0.4) is 0 Å². The van der Waals surface area contributed by atoms with Crippen molar-refractivity contribution in [1.29, 1.82) is 0 Å². The minimum atomic E-state index is -1.44. The van der Waals surface area contributed by atoms with E-state index in [2.05, 4.69) is 56.8 Å². The quantitative estimate of drug-likeness (QED) is 0.767. The fourth-order valence-corrected chi connectivity index (χ4v) is 2.74. The molecule has 0 unspecified atom stereocenters. The maximum Gasteiger partial charge on any atom is 0.516 e. The molecule has 100 valence electrons. The summed E-state index contributed by atoms with van der Waals surface area (Å²) in [4.78, 5) is 0. The third-order valence-corrected chi connectivity index (χ3v) is 5.42. The first-order chi connectivity index (χ1) is 8.03. The fraction of sp³-hybridized carbons (Fsp3) is 0.750. The van der Waals surface area contributed by atoms with E-state index in [9.17, 15) is 0 Å². The third-order valence-electron chi connectivity index (χ3n) is 3.79. The van der Waals surface area contributed by atoms with Gasteiger partial charge in [0.05, 0.1) is 16.8 Å². The third kappa shape index (κ3) is 2.29. The van der Waals surface area contributed by atoms with Crippen LogP contribution < -0.4 is 5.59 Å². The van der Waals surface area contributed by atoms with Gasteiger partial charge < -0.3 is 13.7 Å². The Hall–Kier alpha value is -0.588. The molecule has 0 saturated carbocycles. The van der Waals surface area contributed by atoms with Crippen molar-refractivity contribution in [1.82, 2.24) is 9.45 Å². The minimum absolute atomic E-state index is 0.305. The molecule has 1 fully saturated rings. The van der Waals surface area contributed by atoms with Crippen LogP contribution in [0.5, 0.6) is 0 Å². The van der Waals surface area contributed by atoms with Crippen LogP contribution in [0.2, 0.25) is 19.6 Å². The molecular formula is C12H23BN2O2Si. The molecular weight excluding hydrogens is 243 g/mol. The molecule has 1 aromatic rings. The van der Waals surface area contributed by atoms with Crippen molar-refractivity contribution < 1.29 is 9.31 Å². The van der Waals surface area contributed by atoms with Crippen LogP contribution in [-0.2, 0) is 9.31 Å². The average Bonchev–Trinajstić information content (AvgIpc) is 2.69. The zero-order chi connectivity index (χ0) is 13.8. The van der Waals surface area contributed by atoms with Crippen molar-refractivity contribution in [3.63, 3.8) is 0 Å². The molecule has 2 heterocycles. The Bertz CT molecular complexity index is 435. The molecule has 0 N–H and O–H groups in total. The van der Waals surface area contributed by atoms with E-state index in [4.69, 9.17) is 9.31 Å². The molecule has 0 bridgehead atoms. The van der Waals surface area contributed by atoms with Crippen molar-refractivity contribution in [2.75, 3.05) is 0 Å². The van der Waals surface area contributed by atoms with Crippen LogP contribution in [0.1, 0.15) is 27.7 Å². The van der Waals surface area contributed by atoms with E-state index < -0.39 is 8.24 Å². The van der Waals surface area contributed by atoms with E-state index in [1.54, 1.807) is 0 Å². The van der Waals surface area contributed by atoms with E-state index in [1.807, 2.05) is 12.3 Å². The van der Waals surface area contributed by atoms with Gasteiger partial charge in [-0.25, -0.2) is 0 Å². The molecule has 0 aliphatic carbocycles. The second-order valence-corrected chi connectivity index (χ2v) is 11.7. The summed E-state index contributed by atoms with van der Waals surface area (Å²) in [6.07, 6.45) is 2.03. The van der Waals surface area contributed by atoms with E-state index in [1.165, 1.54) is 0 Å². The summed E-state index contributed by atoms with van der Waals surface area (Å²) in [5.74, 6) is 0. The van der Waals surface area contributed by atoms with Crippen molar-refractivity contribution in [2.24, 2.45) is 0 Å². The van der Waals surface area contributed by atoms with Crippen LogP contribution in [-0.4, -0.2) is 36.0 Å². The van der Waals surface area contributed by atoms with Crippen LogP contribution in [0.15, 0.2) is 12.3 Å². The second-order valence-electron chi connectivity index (χ2n) is 6.94. The molecule has 1 aliphatic heterocycles. The highest BCUT2D eigenvalue weighted by molar-refractivity contribution is 6.74. The van der Waals surface area contributed by atoms with Gasteiger partial charge in [0.2, 0.25) is 0 Å². The second kappa shape index (κ2) is 3.95. The Morgan fingerprint density at radius 3 is 2.00 bits per heavy atom. The zero-order valence-electron chi connectivity index (χ0n) is 12.4. The molecule has 1 aromatic heterocycles. The lowest BCUT2D eigenvalue weighted by atomic mass is 9.85. The van der Waals surface area contributed by atoms with Gasteiger partial charge in [0.1, 0.15) is 0 Å². The first-order valence-electron chi connectivity index (χ1n) is 6.45. The smallest absolute Gasteiger partial charge is 0.398 e. The molecule has 0 radical (unpaired) electrons. The molecule has 4 nitrogen and oxygen atoms in total. The van der Waals surface area contributed by atoms with E-state index in [0.717, 1.165) is 5.59 Å². The zero-order valence-corrected chi connectivity index (χ0v) is 13.4. The monoisotopic (exact) mass is 266 g/mol. The Labute approximate surface area is 111 Å². The van der Waals surface area contributed by atoms with E-state index in [0.29, 0.717) is 0 Å². The Morgan fingerprint density at radius 2 is 1.61 bits per heavy atom. The molecule has 0 aromatic carbocycles. The lowest BCUT2D eigenvalue weighted by Crippen LogP contribution is -2.41. The number of hydrogen-bond acceptors (Lipinski definition) is 3. The van der Waals surface area contributed by atoms with E-state index in [-0.39, 0.29) is 18.3 Å². The summed E-state index contributed by atoms with van der Waals surface area (Å²) in [5.41, 5.74) is 0.261. The normalized spacial score (nSPS) is 22.5. The van der Waals surface area contributed by atoms with Crippen LogP contribution in [0, 0.1) is 0 Å². The van der Waals surface area contributed by atoms with Crippen molar-refractivity contribution in [2.45, 2.75) is 58.5 Å². The van der Waals surface area contributed by atoms with Crippen LogP contribution >= 0.6 is 0 Å². The van der Waals surface area contributed by atoms with Gasteiger partial charge >= 0.3 is 7.12 Å². The fourth-order valence-electron chi connectivity index (χ4n) is 1.80.